The highest BCUT2D eigenvalue weighted by atomic mass is 15.1. The van der Waals surface area contributed by atoms with Crippen molar-refractivity contribution in [1.82, 2.24) is 10.2 Å². The third-order valence-corrected chi connectivity index (χ3v) is 1.33. The minimum Gasteiger partial charge on any atom is -0.384 e. The zero-order valence-electron chi connectivity index (χ0n) is 6.25. The Bertz CT molecular complexity index is 238. The molecule has 0 unspecified atom stereocenters. The van der Waals surface area contributed by atoms with Crippen molar-refractivity contribution < 1.29 is 0 Å². The first-order valence-electron chi connectivity index (χ1n) is 3.50. The number of hydrogen-bond donors (Lipinski definition) is 3. The lowest BCUT2D eigenvalue weighted by atomic mass is 10.3. The highest BCUT2D eigenvalue weighted by Gasteiger charge is 1.93. The molecule has 0 radical (unpaired) electrons. The number of hydrogen-bond acceptors (Lipinski definition) is 3. The summed E-state index contributed by atoms with van der Waals surface area (Å²) in [4.78, 5) is 0. The second-order valence-corrected chi connectivity index (χ2v) is 2.22. The SMILES string of the molecule is NCCC=Cc1cn[nH]c1N. The zero-order valence-corrected chi connectivity index (χ0v) is 6.25. The van der Waals surface area contributed by atoms with Crippen LogP contribution in [0.4, 0.5) is 5.82 Å². The fourth-order valence-corrected chi connectivity index (χ4v) is 0.745. The van der Waals surface area contributed by atoms with E-state index in [9.17, 15) is 0 Å². The molecule has 1 aromatic rings. The molecule has 0 amide bonds. The van der Waals surface area contributed by atoms with E-state index in [1.807, 2.05) is 12.2 Å². The lowest BCUT2D eigenvalue weighted by molar-refractivity contribution is 1.01. The topological polar surface area (TPSA) is 80.7 Å². The Morgan fingerprint density at radius 3 is 3.00 bits per heavy atom. The first-order chi connectivity index (χ1) is 5.34. The molecule has 0 aliphatic carbocycles. The molecule has 0 saturated heterocycles. The van der Waals surface area contributed by atoms with E-state index in [0.29, 0.717) is 12.4 Å². The van der Waals surface area contributed by atoms with Crippen molar-refractivity contribution in [2.24, 2.45) is 5.73 Å². The number of rotatable bonds is 3. The van der Waals surface area contributed by atoms with E-state index in [-0.39, 0.29) is 0 Å². The zero-order chi connectivity index (χ0) is 8.10. The minimum absolute atomic E-state index is 0.596. The van der Waals surface area contributed by atoms with Crippen molar-refractivity contribution in [3.05, 3.63) is 17.8 Å². The lowest BCUT2D eigenvalue weighted by Crippen LogP contribution is -1.95. The van der Waals surface area contributed by atoms with Crippen molar-refractivity contribution in [2.45, 2.75) is 6.42 Å². The Balaban J connectivity index is 2.56. The summed E-state index contributed by atoms with van der Waals surface area (Å²) in [5, 5.41) is 6.41. The number of aromatic amines is 1. The second-order valence-electron chi connectivity index (χ2n) is 2.22. The maximum Gasteiger partial charge on any atom is 0.126 e. The first kappa shape index (κ1) is 7.81. The van der Waals surface area contributed by atoms with Gasteiger partial charge in [-0.2, -0.15) is 5.10 Å². The van der Waals surface area contributed by atoms with Gasteiger partial charge in [-0.15, -0.1) is 0 Å². The van der Waals surface area contributed by atoms with Gasteiger partial charge in [0.1, 0.15) is 5.82 Å². The van der Waals surface area contributed by atoms with E-state index in [2.05, 4.69) is 10.2 Å². The molecule has 0 fully saturated rings. The molecule has 0 aromatic carbocycles. The fraction of sp³-hybridized carbons (Fsp3) is 0.286. The van der Waals surface area contributed by atoms with Crippen molar-refractivity contribution in [1.29, 1.82) is 0 Å². The van der Waals surface area contributed by atoms with Gasteiger partial charge in [0.05, 0.1) is 6.20 Å². The van der Waals surface area contributed by atoms with Gasteiger partial charge in [0.15, 0.2) is 0 Å². The normalized spacial score (nSPS) is 11.0. The fourth-order valence-electron chi connectivity index (χ4n) is 0.745. The molecule has 0 spiro atoms. The molecule has 0 atom stereocenters. The molecule has 11 heavy (non-hydrogen) atoms. The monoisotopic (exact) mass is 152 g/mol. The Hall–Kier alpha value is -1.29. The summed E-state index contributed by atoms with van der Waals surface area (Å²) in [5.41, 5.74) is 11.7. The number of anilines is 1. The van der Waals surface area contributed by atoms with Crippen LogP contribution in [0.3, 0.4) is 0 Å². The molecule has 60 valence electrons. The molecule has 1 aromatic heterocycles. The van der Waals surface area contributed by atoms with Crippen molar-refractivity contribution in [3.63, 3.8) is 0 Å². The van der Waals surface area contributed by atoms with Crippen molar-refractivity contribution in [2.75, 3.05) is 12.3 Å². The molecule has 5 N–H and O–H groups in total. The predicted molar refractivity (Wildman–Crippen MR) is 45.7 cm³/mol. The Kier molecular flexibility index (Phi) is 2.68. The quantitative estimate of drug-likeness (QED) is 0.584. The van der Waals surface area contributed by atoms with Gasteiger partial charge < -0.3 is 11.5 Å². The molecule has 1 heterocycles. The summed E-state index contributed by atoms with van der Waals surface area (Å²) >= 11 is 0. The average molecular weight is 152 g/mol. The van der Waals surface area contributed by atoms with Crippen LogP contribution in [0.15, 0.2) is 12.3 Å². The third kappa shape index (κ3) is 2.09. The Morgan fingerprint density at radius 1 is 1.64 bits per heavy atom. The van der Waals surface area contributed by atoms with E-state index in [1.165, 1.54) is 0 Å². The van der Waals surface area contributed by atoms with Crippen LogP contribution in [0.1, 0.15) is 12.0 Å². The van der Waals surface area contributed by atoms with Crippen LogP contribution in [0, 0.1) is 0 Å². The van der Waals surface area contributed by atoms with Gasteiger partial charge in [0, 0.05) is 5.56 Å². The molecule has 1 rings (SSSR count). The van der Waals surface area contributed by atoms with E-state index in [0.717, 1.165) is 12.0 Å². The van der Waals surface area contributed by atoms with E-state index >= 15 is 0 Å². The van der Waals surface area contributed by atoms with Crippen LogP contribution >= 0.6 is 0 Å². The van der Waals surface area contributed by atoms with E-state index in [4.69, 9.17) is 11.5 Å². The summed E-state index contributed by atoms with van der Waals surface area (Å²) < 4.78 is 0. The van der Waals surface area contributed by atoms with Crippen LogP contribution < -0.4 is 11.5 Å². The number of nitrogens with two attached hydrogens (primary N) is 2. The Morgan fingerprint density at radius 2 is 2.45 bits per heavy atom. The summed E-state index contributed by atoms with van der Waals surface area (Å²) in [5.74, 6) is 0.596. The summed E-state index contributed by atoms with van der Waals surface area (Å²) in [6.45, 7) is 0.661. The highest BCUT2D eigenvalue weighted by Crippen LogP contribution is 2.07. The highest BCUT2D eigenvalue weighted by molar-refractivity contribution is 5.59. The van der Waals surface area contributed by atoms with Crippen molar-refractivity contribution >= 4 is 11.9 Å². The van der Waals surface area contributed by atoms with E-state index < -0.39 is 0 Å². The molecule has 0 bridgehead atoms. The van der Waals surface area contributed by atoms with Gasteiger partial charge >= 0.3 is 0 Å². The van der Waals surface area contributed by atoms with Crippen LogP contribution in [0.5, 0.6) is 0 Å². The maximum atomic E-state index is 5.52. The molecule has 0 saturated carbocycles. The summed E-state index contributed by atoms with van der Waals surface area (Å²) in [6.07, 6.45) is 6.43. The smallest absolute Gasteiger partial charge is 0.126 e. The Labute approximate surface area is 65.3 Å². The van der Waals surface area contributed by atoms with Gasteiger partial charge in [-0.25, -0.2) is 0 Å². The number of nitrogens with one attached hydrogen (secondary N) is 1. The number of aromatic nitrogens is 2. The predicted octanol–water partition coefficient (Wildman–Crippen LogP) is 0.354. The molecule has 4 heteroatoms. The molecule has 0 aliphatic rings. The summed E-state index contributed by atoms with van der Waals surface area (Å²) in [6, 6.07) is 0. The second kappa shape index (κ2) is 3.78. The lowest BCUT2D eigenvalue weighted by Gasteiger charge is -1.87. The maximum absolute atomic E-state index is 5.52. The van der Waals surface area contributed by atoms with Gasteiger partial charge in [0.2, 0.25) is 0 Å². The van der Waals surface area contributed by atoms with E-state index in [1.54, 1.807) is 6.20 Å². The van der Waals surface area contributed by atoms with Crippen LogP contribution in [-0.2, 0) is 0 Å². The largest absolute Gasteiger partial charge is 0.384 e. The first-order valence-corrected chi connectivity index (χ1v) is 3.50. The van der Waals surface area contributed by atoms with Gasteiger partial charge in [-0.1, -0.05) is 12.2 Å². The molecule has 0 aliphatic heterocycles. The number of nitrogen functional groups attached to an aromatic ring is 1. The molecular weight excluding hydrogens is 140 g/mol. The van der Waals surface area contributed by atoms with Crippen LogP contribution in [0.25, 0.3) is 6.08 Å². The number of H-pyrrole nitrogens is 1. The van der Waals surface area contributed by atoms with Crippen molar-refractivity contribution in [3.8, 4) is 0 Å². The minimum atomic E-state index is 0.596. The van der Waals surface area contributed by atoms with Gasteiger partial charge in [-0.05, 0) is 13.0 Å². The molecule has 4 nitrogen and oxygen atoms in total. The van der Waals surface area contributed by atoms with Crippen LogP contribution in [-0.4, -0.2) is 16.7 Å². The van der Waals surface area contributed by atoms with Gasteiger partial charge in [-0.3, -0.25) is 5.10 Å². The van der Waals surface area contributed by atoms with Gasteiger partial charge in [0.25, 0.3) is 0 Å². The van der Waals surface area contributed by atoms with Crippen LogP contribution in [0.2, 0.25) is 0 Å². The number of nitrogens with zero attached hydrogens (tertiary/aromatic N) is 1. The summed E-state index contributed by atoms with van der Waals surface area (Å²) in [7, 11) is 0. The molecular formula is C7H12N4. The standard InChI is InChI=1S/C7H12N4/c8-4-2-1-3-6-5-10-11-7(6)9/h1,3,5H,2,4,8H2,(H3,9,10,11). The third-order valence-electron chi connectivity index (χ3n) is 1.33. The average Bonchev–Trinajstić information content (AvgIpc) is 2.37.